The van der Waals surface area contributed by atoms with Gasteiger partial charge in [0.2, 0.25) is 0 Å². The zero-order valence-corrected chi connectivity index (χ0v) is 8.90. The second kappa shape index (κ2) is 5.47. The minimum absolute atomic E-state index is 0.202. The third-order valence-electron chi connectivity index (χ3n) is 2.00. The number of hydrogen-bond acceptors (Lipinski definition) is 5. The largest absolute Gasteiger partial charge is 0.433 e. The third-order valence-corrected chi connectivity index (χ3v) is 2.00. The molecule has 15 heavy (non-hydrogen) atoms. The number of furan rings is 1. The van der Waals surface area contributed by atoms with Crippen LogP contribution in [0, 0.1) is 10.1 Å². The molecule has 1 heterocycles. The van der Waals surface area contributed by atoms with Crippen LogP contribution in [0.25, 0.3) is 0 Å². The van der Waals surface area contributed by atoms with Gasteiger partial charge in [-0.15, -0.1) is 0 Å². The molecular weight excluding hydrogens is 198 g/mol. The van der Waals surface area contributed by atoms with E-state index in [1.165, 1.54) is 6.07 Å². The lowest BCUT2D eigenvalue weighted by Gasteiger charge is -2.13. The van der Waals surface area contributed by atoms with Gasteiger partial charge in [0.05, 0.1) is 12.6 Å². The zero-order chi connectivity index (χ0) is 11.3. The normalized spacial score (nSPS) is 10.9. The van der Waals surface area contributed by atoms with Crippen LogP contribution < -0.4 is 5.32 Å². The Hall–Kier alpha value is -1.40. The molecule has 84 valence electrons. The summed E-state index contributed by atoms with van der Waals surface area (Å²) in [6, 6.07) is 3.01. The van der Waals surface area contributed by atoms with Gasteiger partial charge in [-0.2, -0.15) is 0 Å². The Morgan fingerprint density at radius 2 is 2.33 bits per heavy atom. The maximum absolute atomic E-state index is 10.4. The molecular formula is C9H15N3O3. The first-order valence-electron chi connectivity index (χ1n) is 4.69. The summed E-state index contributed by atoms with van der Waals surface area (Å²) in [6.07, 6.45) is 0. The fraction of sp³-hybridized carbons (Fsp3) is 0.556. The van der Waals surface area contributed by atoms with Crippen LogP contribution in [-0.2, 0) is 6.54 Å². The van der Waals surface area contributed by atoms with E-state index in [-0.39, 0.29) is 5.88 Å². The lowest BCUT2D eigenvalue weighted by atomic mass is 10.4. The van der Waals surface area contributed by atoms with Crippen molar-refractivity contribution in [2.75, 3.05) is 27.2 Å². The van der Waals surface area contributed by atoms with Gasteiger partial charge in [-0.3, -0.25) is 15.0 Å². The highest BCUT2D eigenvalue weighted by Crippen LogP contribution is 2.16. The van der Waals surface area contributed by atoms with E-state index < -0.39 is 4.92 Å². The number of nitrogens with one attached hydrogen (secondary N) is 1. The molecule has 0 saturated carbocycles. The van der Waals surface area contributed by atoms with Crippen molar-refractivity contribution in [2.45, 2.75) is 6.54 Å². The second-order valence-electron chi connectivity index (χ2n) is 3.34. The molecule has 6 heteroatoms. The van der Waals surface area contributed by atoms with Crippen LogP contribution in [0.2, 0.25) is 0 Å². The number of nitrogens with zero attached hydrogens (tertiary/aromatic N) is 2. The van der Waals surface area contributed by atoms with E-state index in [1.54, 1.807) is 6.07 Å². The zero-order valence-electron chi connectivity index (χ0n) is 8.90. The summed E-state index contributed by atoms with van der Waals surface area (Å²) in [6.45, 7) is 2.32. The van der Waals surface area contributed by atoms with E-state index in [0.29, 0.717) is 12.3 Å². The van der Waals surface area contributed by atoms with E-state index >= 15 is 0 Å². The predicted octanol–water partition coefficient (Wildman–Crippen LogP) is 0.839. The lowest BCUT2D eigenvalue weighted by molar-refractivity contribution is -0.402. The van der Waals surface area contributed by atoms with Crippen LogP contribution in [0.4, 0.5) is 5.88 Å². The Morgan fingerprint density at radius 3 is 2.87 bits per heavy atom. The fourth-order valence-electron chi connectivity index (χ4n) is 1.20. The molecule has 0 saturated heterocycles. The first kappa shape index (κ1) is 11.7. The molecule has 0 aliphatic heterocycles. The van der Waals surface area contributed by atoms with Crippen molar-refractivity contribution in [3.63, 3.8) is 0 Å². The van der Waals surface area contributed by atoms with Crippen molar-refractivity contribution in [1.82, 2.24) is 10.2 Å². The molecule has 0 atom stereocenters. The average Bonchev–Trinajstić information content (AvgIpc) is 2.63. The molecule has 0 aromatic carbocycles. The second-order valence-corrected chi connectivity index (χ2v) is 3.34. The number of hydrogen-bond donors (Lipinski definition) is 1. The smallest absolute Gasteiger partial charge is 0.404 e. The van der Waals surface area contributed by atoms with Gasteiger partial charge in [0.15, 0.2) is 0 Å². The summed E-state index contributed by atoms with van der Waals surface area (Å²) in [4.78, 5) is 11.9. The molecule has 1 N–H and O–H groups in total. The fourth-order valence-corrected chi connectivity index (χ4v) is 1.20. The van der Waals surface area contributed by atoms with E-state index in [1.807, 2.05) is 19.0 Å². The Morgan fingerprint density at radius 1 is 1.60 bits per heavy atom. The summed E-state index contributed by atoms with van der Waals surface area (Å²) < 4.78 is 5.03. The maximum atomic E-state index is 10.4. The molecule has 0 amide bonds. The highest BCUT2D eigenvalue weighted by Gasteiger charge is 2.12. The van der Waals surface area contributed by atoms with Crippen LogP contribution in [0.15, 0.2) is 16.5 Å². The summed E-state index contributed by atoms with van der Waals surface area (Å²) in [5.74, 6) is 0.410. The molecule has 6 nitrogen and oxygen atoms in total. The first-order chi connectivity index (χ1) is 7.13. The van der Waals surface area contributed by atoms with Crippen molar-refractivity contribution < 1.29 is 9.34 Å². The molecule has 1 rings (SSSR count). The summed E-state index contributed by atoms with van der Waals surface area (Å²) >= 11 is 0. The minimum Gasteiger partial charge on any atom is -0.404 e. The van der Waals surface area contributed by atoms with Crippen LogP contribution in [-0.4, -0.2) is 37.0 Å². The number of likely N-dealkylation sites (N-methyl/N-ethyl adjacent to an activating group) is 2. The Balaban J connectivity index is 2.46. The van der Waals surface area contributed by atoms with Crippen molar-refractivity contribution in [1.29, 1.82) is 0 Å². The van der Waals surface area contributed by atoms with E-state index in [4.69, 9.17) is 4.42 Å². The SMILES string of the molecule is CNCCN(C)Cc1ccc([N+](=O)[O-])o1. The van der Waals surface area contributed by atoms with Gasteiger partial charge in [0.1, 0.15) is 10.7 Å². The van der Waals surface area contributed by atoms with Crippen LogP contribution in [0.5, 0.6) is 0 Å². The molecule has 1 aromatic heterocycles. The molecule has 1 aromatic rings. The van der Waals surface area contributed by atoms with Crippen molar-refractivity contribution >= 4 is 5.88 Å². The maximum Gasteiger partial charge on any atom is 0.433 e. The van der Waals surface area contributed by atoms with Gasteiger partial charge < -0.3 is 9.73 Å². The van der Waals surface area contributed by atoms with Gasteiger partial charge in [-0.05, 0) is 20.2 Å². The third kappa shape index (κ3) is 3.69. The summed E-state index contributed by atoms with van der Waals surface area (Å²) in [5.41, 5.74) is 0. The first-order valence-corrected chi connectivity index (χ1v) is 4.69. The molecule has 0 radical (unpaired) electrons. The highest BCUT2D eigenvalue weighted by atomic mass is 16.6. The van der Waals surface area contributed by atoms with Crippen LogP contribution >= 0.6 is 0 Å². The van der Waals surface area contributed by atoms with Gasteiger partial charge in [-0.1, -0.05) is 0 Å². The van der Waals surface area contributed by atoms with E-state index in [9.17, 15) is 10.1 Å². The molecule has 0 aliphatic rings. The standard InChI is InChI=1S/C9H15N3O3/c1-10-5-6-11(2)7-8-3-4-9(15-8)12(13)14/h3-4,10H,5-7H2,1-2H3. The van der Waals surface area contributed by atoms with Crippen molar-refractivity contribution in [3.05, 3.63) is 28.0 Å². The average molecular weight is 213 g/mol. The Bertz CT molecular complexity index is 324. The Labute approximate surface area is 88.0 Å². The molecule has 0 aliphatic carbocycles. The molecule has 0 fully saturated rings. The summed E-state index contributed by atoms with van der Waals surface area (Å²) in [5, 5.41) is 13.4. The van der Waals surface area contributed by atoms with Crippen molar-refractivity contribution in [3.8, 4) is 0 Å². The van der Waals surface area contributed by atoms with Gasteiger partial charge in [0, 0.05) is 13.1 Å². The topological polar surface area (TPSA) is 71.5 Å². The number of nitro groups is 1. The van der Waals surface area contributed by atoms with E-state index in [0.717, 1.165) is 13.1 Å². The minimum atomic E-state index is -0.531. The van der Waals surface area contributed by atoms with Crippen molar-refractivity contribution in [2.24, 2.45) is 0 Å². The summed E-state index contributed by atoms with van der Waals surface area (Å²) in [7, 11) is 3.82. The number of rotatable bonds is 6. The molecule has 0 bridgehead atoms. The molecule has 0 spiro atoms. The van der Waals surface area contributed by atoms with Gasteiger partial charge in [-0.25, -0.2) is 0 Å². The van der Waals surface area contributed by atoms with Gasteiger partial charge >= 0.3 is 5.88 Å². The predicted molar refractivity (Wildman–Crippen MR) is 55.6 cm³/mol. The Kier molecular flexibility index (Phi) is 4.26. The quantitative estimate of drug-likeness (QED) is 0.560. The highest BCUT2D eigenvalue weighted by molar-refractivity contribution is 5.17. The van der Waals surface area contributed by atoms with E-state index in [2.05, 4.69) is 5.32 Å². The van der Waals surface area contributed by atoms with Crippen LogP contribution in [0.3, 0.4) is 0 Å². The lowest BCUT2D eigenvalue weighted by Crippen LogP contribution is -2.26. The molecule has 0 unspecified atom stereocenters. The van der Waals surface area contributed by atoms with Crippen LogP contribution in [0.1, 0.15) is 5.76 Å². The van der Waals surface area contributed by atoms with Gasteiger partial charge in [0.25, 0.3) is 0 Å². The monoisotopic (exact) mass is 213 g/mol.